The summed E-state index contributed by atoms with van der Waals surface area (Å²) in [6, 6.07) is 3.05. The van der Waals surface area contributed by atoms with E-state index in [1.807, 2.05) is 0 Å². The average Bonchev–Trinajstić information content (AvgIpc) is 3.37. The van der Waals surface area contributed by atoms with Crippen molar-refractivity contribution < 1.29 is 44.7 Å². The highest BCUT2D eigenvalue weighted by atomic mass is 16.4. The molecule has 5 rings (SSSR count). The maximum Gasteiger partial charge on any atom is 0.202 e. The van der Waals surface area contributed by atoms with Gasteiger partial charge in [-0.2, -0.15) is 0 Å². The molecule has 0 aliphatic heterocycles. The number of aliphatic hydroxyl groups is 4. The van der Waals surface area contributed by atoms with Gasteiger partial charge < -0.3 is 25.5 Å². The highest BCUT2D eigenvalue weighted by molar-refractivity contribution is 6.23. The molecular formula is C29H32O9. The molecule has 5 unspecified atom stereocenters. The fourth-order valence-electron chi connectivity index (χ4n) is 7.26. The molecular weight excluding hydrogens is 492 g/mol. The monoisotopic (exact) mass is 524 g/mol. The first-order chi connectivity index (χ1) is 17.9. The lowest BCUT2D eigenvalue weighted by atomic mass is 9.54. The Bertz CT molecular complexity index is 1330. The van der Waals surface area contributed by atoms with Gasteiger partial charge in [-0.3, -0.25) is 19.2 Å². The zero-order valence-corrected chi connectivity index (χ0v) is 21.4. The van der Waals surface area contributed by atoms with Crippen molar-refractivity contribution in [2.24, 2.45) is 17.8 Å². The van der Waals surface area contributed by atoms with Gasteiger partial charge in [0.1, 0.15) is 22.8 Å². The van der Waals surface area contributed by atoms with Crippen LogP contribution in [-0.4, -0.2) is 60.4 Å². The Morgan fingerprint density at radius 3 is 2.26 bits per heavy atom. The number of hydrogen-bond acceptors (Lipinski definition) is 9. The highest BCUT2D eigenvalue weighted by Crippen LogP contribution is 2.57. The average molecular weight is 525 g/mol. The molecule has 0 bridgehead atoms. The van der Waals surface area contributed by atoms with E-state index in [9.17, 15) is 44.7 Å². The van der Waals surface area contributed by atoms with Gasteiger partial charge in [0.25, 0.3) is 0 Å². The molecule has 9 nitrogen and oxygen atoms in total. The van der Waals surface area contributed by atoms with Gasteiger partial charge in [0.05, 0.1) is 17.2 Å². The van der Waals surface area contributed by atoms with E-state index in [0.29, 0.717) is 17.9 Å². The lowest BCUT2D eigenvalue weighted by Gasteiger charge is -2.51. The van der Waals surface area contributed by atoms with E-state index in [1.165, 1.54) is 13.0 Å². The zero-order valence-electron chi connectivity index (χ0n) is 21.4. The van der Waals surface area contributed by atoms with Gasteiger partial charge in [-0.15, -0.1) is 0 Å². The molecule has 1 aromatic rings. The smallest absolute Gasteiger partial charge is 0.202 e. The van der Waals surface area contributed by atoms with Gasteiger partial charge in [0.15, 0.2) is 23.0 Å². The van der Waals surface area contributed by atoms with Crippen LogP contribution in [0.4, 0.5) is 0 Å². The van der Waals surface area contributed by atoms with Crippen LogP contribution in [0.1, 0.15) is 86.2 Å². The topological polar surface area (TPSA) is 169 Å². The summed E-state index contributed by atoms with van der Waals surface area (Å²) >= 11 is 0. The molecule has 0 radical (unpaired) electrons. The van der Waals surface area contributed by atoms with Gasteiger partial charge >= 0.3 is 0 Å². The minimum absolute atomic E-state index is 0.0610. The summed E-state index contributed by atoms with van der Waals surface area (Å²) in [5.41, 5.74) is -3.63. The van der Waals surface area contributed by atoms with Gasteiger partial charge in [-0.1, -0.05) is 31.7 Å². The normalized spacial score (nSPS) is 31.3. The molecule has 0 aromatic heterocycles. The number of Topliss-reactive ketones (excluding diaryl/α,β-unsaturated/α-hetero) is 4. The second-order valence-electron chi connectivity index (χ2n) is 11.2. The van der Waals surface area contributed by atoms with Crippen LogP contribution in [0.25, 0.3) is 5.76 Å². The first kappa shape index (κ1) is 26.3. The highest BCUT2D eigenvalue weighted by Gasteiger charge is 2.65. The van der Waals surface area contributed by atoms with Crippen molar-refractivity contribution in [3.8, 4) is 5.75 Å². The fourth-order valence-corrected chi connectivity index (χ4v) is 7.26. The van der Waals surface area contributed by atoms with E-state index in [-0.39, 0.29) is 16.7 Å². The number of allylic oxidation sites excluding steroid dienone is 1. The largest absolute Gasteiger partial charge is 0.508 e. The van der Waals surface area contributed by atoms with Crippen molar-refractivity contribution >= 4 is 28.9 Å². The van der Waals surface area contributed by atoms with E-state index in [1.54, 1.807) is 6.07 Å². The number of carbonyl (C=O) groups excluding carboxylic acids is 4. The number of rotatable bonds is 5. The summed E-state index contributed by atoms with van der Waals surface area (Å²) in [6.07, 6.45) is 3.52. The second kappa shape index (κ2) is 9.17. The van der Waals surface area contributed by atoms with E-state index in [4.69, 9.17) is 0 Å². The summed E-state index contributed by atoms with van der Waals surface area (Å²) in [5, 5.41) is 56.4. The number of ketones is 4. The molecule has 1 aromatic carbocycles. The van der Waals surface area contributed by atoms with Crippen LogP contribution in [0.3, 0.4) is 0 Å². The van der Waals surface area contributed by atoms with Crippen LogP contribution in [0.15, 0.2) is 29.0 Å². The molecule has 9 heteroatoms. The standard InChI is InChI=1S/C29H32O9/c1-12(30)15-9-10-17-16(8-7-14-5-3-4-6-14)21-23(26(35)22(17)24(15)33)28(37)29(38)18(25(21)34)11-19(32)20(13(2)31)27(29)36/h9-10,14,16,18,21,25,33-36,38H,3-8,11H2,1-2H3. The Balaban J connectivity index is 1.72. The van der Waals surface area contributed by atoms with Crippen molar-refractivity contribution in [2.75, 3.05) is 0 Å². The van der Waals surface area contributed by atoms with Gasteiger partial charge in [-0.05, 0) is 50.2 Å². The lowest BCUT2D eigenvalue weighted by Crippen LogP contribution is -2.63. The van der Waals surface area contributed by atoms with Crippen molar-refractivity contribution in [2.45, 2.75) is 76.4 Å². The molecule has 0 amide bonds. The number of carbonyl (C=O) groups is 4. The van der Waals surface area contributed by atoms with Crippen LogP contribution >= 0.6 is 0 Å². The minimum Gasteiger partial charge on any atom is -0.508 e. The molecule has 2 saturated carbocycles. The van der Waals surface area contributed by atoms with Gasteiger partial charge in [-0.25, -0.2) is 0 Å². The molecule has 202 valence electrons. The minimum atomic E-state index is -2.81. The maximum atomic E-state index is 14.0. The summed E-state index contributed by atoms with van der Waals surface area (Å²) in [7, 11) is 0. The number of hydrogen-bond donors (Lipinski definition) is 5. The Kier molecular flexibility index (Phi) is 6.35. The third kappa shape index (κ3) is 3.59. The van der Waals surface area contributed by atoms with Gasteiger partial charge in [0.2, 0.25) is 5.78 Å². The molecule has 4 aliphatic rings. The van der Waals surface area contributed by atoms with E-state index < -0.39 is 81.9 Å². The number of aromatic hydroxyl groups is 1. The summed E-state index contributed by atoms with van der Waals surface area (Å²) in [6.45, 7) is 2.27. The third-order valence-corrected chi connectivity index (χ3v) is 9.15. The van der Waals surface area contributed by atoms with Crippen molar-refractivity contribution in [3.05, 3.63) is 45.7 Å². The van der Waals surface area contributed by atoms with Crippen LogP contribution in [0, 0.1) is 17.8 Å². The summed E-state index contributed by atoms with van der Waals surface area (Å²) in [4.78, 5) is 50.9. The van der Waals surface area contributed by atoms with Crippen molar-refractivity contribution in [3.63, 3.8) is 0 Å². The molecule has 4 aliphatic carbocycles. The number of benzene rings is 1. The summed E-state index contributed by atoms with van der Waals surface area (Å²) < 4.78 is 0. The van der Waals surface area contributed by atoms with Crippen LogP contribution < -0.4 is 0 Å². The predicted molar refractivity (Wildman–Crippen MR) is 134 cm³/mol. The third-order valence-electron chi connectivity index (χ3n) is 9.15. The van der Waals surface area contributed by atoms with Crippen LogP contribution in [-0.2, 0) is 14.4 Å². The molecule has 0 saturated heterocycles. The lowest BCUT2D eigenvalue weighted by molar-refractivity contribution is -0.161. The Labute approximate surface area is 219 Å². The van der Waals surface area contributed by atoms with Crippen LogP contribution in [0.5, 0.6) is 5.75 Å². The Hall–Kier alpha value is -3.30. The zero-order chi connectivity index (χ0) is 27.7. The van der Waals surface area contributed by atoms with E-state index in [2.05, 4.69) is 0 Å². The predicted octanol–water partition coefficient (Wildman–Crippen LogP) is 3.21. The van der Waals surface area contributed by atoms with Gasteiger partial charge in [0, 0.05) is 23.8 Å². The first-order valence-electron chi connectivity index (χ1n) is 13.1. The number of phenols is 1. The van der Waals surface area contributed by atoms with Crippen molar-refractivity contribution in [1.82, 2.24) is 0 Å². The molecule has 38 heavy (non-hydrogen) atoms. The molecule has 5 atom stereocenters. The second-order valence-corrected chi connectivity index (χ2v) is 11.2. The van der Waals surface area contributed by atoms with E-state index in [0.717, 1.165) is 39.0 Å². The number of aliphatic hydroxyl groups excluding tert-OH is 3. The SMILES string of the molecule is CC(=O)C1=C(O)C2(O)C(=O)C3=C(O)c4c(ccc(C(C)=O)c4O)C(CCC4CCCC4)C3C(O)C2CC1=O. The Morgan fingerprint density at radius 2 is 1.66 bits per heavy atom. The molecule has 0 spiro atoms. The summed E-state index contributed by atoms with van der Waals surface area (Å²) in [5.74, 6) is -8.17. The number of fused-ring (bicyclic) bond motifs is 3. The van der Waals surface area contributed by atoms with Crippen molar-refractivity contribution in [1.29, 1.82) is 0 Å². The molecule has 0 heterocycles. The van der Waals surface area contributed by atoms with Crippen LogP contribution in [0.2, 0.25) is 0 Å². The van der Waals surface area contributed by atoms with E-state index >= 15 is 0 Å². The quantitative estimate of drug-likeness (QED) is 0.287. The number of phenolic OH excluding ortho intramolecular Hbond substituents is 1. The Morgan fingerprint density at radius 1 is 1.00 bits per heavy atom. The first-order valence-corrected chi connectivity index (χ1v) is 13.1. The fraction of sp³-hybridized carbons (Fsp3) is 0.517. The maximum absolute atomic E-state index is 14.0. The molecule has 2 fully saturated rings. The molecule has 5 N–H and O–H groups in total.